The van der Waals surface area contributed by atoms with Gasteiger partial charge in [-0.15, -0.1) is 0 Å². The fraction of sp³-hybridized carbons (Fsp3) is 0.500. The van der Waals surface area contributed by atoms with Gasteiger partial charge >= 0.3 is 0 Å². The fourth-order valence-corrected chi connectivity index (χ4v) is 6.09. The van der Waals surface area contributed by atoms with Gasteiger partial charge < -0.3 is 20.1 Å². The van der Waals surface area contributed by atoms with E-state index in [4.69, 9.17) is 4.74 Å². The van der Waals surface area contributed by atoms with Crippen molar-refractivity contribution in [3.63, 3.8) is 0 Å². The lowest BCUT2D eigenvalue weighted by atomic mass is 9.73. The number of rotatable bonds is 4. The molecule has 2 saturated heterocycles. The third-order valence-electron chi connectivity index (χ3n) is 7.88. The van der Waals surface area contributed by atoms with Crippen LogP contribution in [-0.2, 0) is 10.4 Å². The molecule has 0 unspecified atom stereocenters. The molecule has 1 saturated carbocycles. The van der Waals surface area contributed by atoms with Gasteiger partial charge in [-0.25, -0.2) is 0 Å². The van der Waals surface area contributed by atoms with E-state index in [9.17, 15) is 9.90 Å². The summed E-state index contributed by atoms with van der Waals surface area (Å²) in [6.07, 6.45) is 5.39. The van der Waals surface area contributed by atoms with Crippen LogP contribution in [-0.4, -0.2) is 54.4 Å². The van der Waals surface area contributed by atoms with Crippen molar-refractivity contribution in [3.05, 3.63) is 60.2 Å². The van der Waals surface area contributed by atoms with Gasteiger partial charge in [0.15, 0.2) is 0 Å². The Bertz CT molecular complexity index is 958. The second-order valence-corrected chi connectivity index (χ2v) is 9.41. The summed E-state index contributed by atoms with van der Waals surface area (Å²) < 4.78 is 5.43. The van der Waals surface area contributed by atoms with Gasteiger partial charge in [-0.3, -0.25) is 9.69 Å². The van der Waals surface area contributed by atoms with Crippen molar-refractivity contribution in [1.29, 1.82) is 0 Å². The molecule has 3 fully saturated rings. The number of anilines is 1. The van der Waals surface area contributed by atoms with E-state index in [1.807, 2.05) is 42.5 Å². The Balaban J connectivity index is 1.38. The highest BCUT2D eigenvalue weighted by molar-refractivity contribution is 5.93. The van der Waals surface area contributed by atoms with Crippen LogP contribution in [0.5, 0.6) is 5.75 Å². The maximum absolute atomic E-state index is 13.0. The zero-order chi connectivity index (χ0) is 22.2. The second-order valence-electron chi connectivity index (χ2n) is 9.41. The number of amides is 1. The predicted octanol–water partition coefficient (Wildman–Crippen LogP) is 3.25. The molecular weight excluding hydrogens is 402 g/mol. The van der Waals surface area contributed by atoms with Gasteiger partial charge in [-0.2, -0.15) is 0 Å². The highest BCUT2D eigenvalue weighted by Crippen LogP contribution is 2.44. The van der Waals surface area contributed by atoms with E-state index >= 15 is 0 Å². The number of nitrogens with zero attached hydrogens (tertiary/aromatic N) is 2. The molecule has 32 heavy (non-hydrogen) atoms. The SMILES string of the molecule is COc1cccc([C@]2(O)CCCC[C@H]2N2CCC3(CC2)C(=O)NCN3c2ccccc2)c1. The monoisotopic (exact) mass is 435 g/mol. The normalized spacial score (nSPS) is 28.0. The van der Waals surface area contributed by atoms with Crippen LogP contribution < -0.4 is 15.0 Å². The maximum Gasteiger partial charge on any atom is 0.247 e. The summed E-state index contributed by atoms with van der Waals surface area (Å²) >= 11 is 0. The van der Waals surface area contributed by atoms with Crippen LogP contribution in [0.1, 0.15) is 44.1 Å². The second kappa shape index (κ2) is 8.41. The van der Waals surface area contributed by atoms with Crippen LogP contribution in [0.15, 0.2) is 54.6 Å². The Morgan fingerprint density at radius 2 is 1.81 bits per heavy atom. The Labute approximate surface area is 190 Å². The minimum atomic E-state index is -0.894. The van der Waals surface area contributed by atoms with Crippen molar-refractivity contribution < 1.29 is 14.6 Å². The van der Waals surface area contributed by atoms with Crippen molar-refractivity contribution in [3.8, 4) is 5.75 Å². The molecule has 0 aromatic heterocycles. The van der Waals surface area contributed by atoms with E-state index in [0.29, 0.717) is 6.67 Å². The van der Waals surface area contributed by atoms with Gasteiger partial charge in [-0.1, -0.05) is 43.2 Å². The first-order valence-electron chi connectivity index (χ1n) is 11.8. The summed E-state index contributed by atoms with van der Waals surface area (Å²) in [6, 6.07) is 18.2. The average molecular weight is 436 g/mol. The molecule has 3 aliphatic rings. The minimum Gasteiger partial charge on any atom is -0.497 e. The molecule has 1 amide bonds. The molecule has 2 N–H and O–H groups in total. The van der Waals surface area contributed by atoms with Crippen LogP contribution in [0.25, 0.3) is 0 Å². The van der Waals surface area contributed by atoms with Crippen LogP contribution in [0.4, 0.5) is 5.69 Å². The number of hydrogen-bond acceptors (Lipinski definition) is 5. The van der Waals surface area contributed by atoms with E-state index in [1.165, 1.54) is 0 Å². The minimum absolute atomic E-state index is 0.0512. The third kappa shape index (κ3) is 3.46. The van der Waals surface area contributed by atoms with Crippen molar-refractivity contribution >= 4 is 11.6 Å². The van der Waals surface area contributed by atoms with Crippen molar-refractivity contribution in [2.45, 2.75) is 55.7 Å². The van der Waals surface area contributed by atoms with E-state index < -0.39 is 11.1 Å². The standard InChI is InChI=1S/C26H33N3O3/c1-32-22-11-7-8-20(18-22)26(31)13-6-5-12-23(26)28-16-14-25(15-17-28)24(30)27-19-29(25)21-9-3-2-4-10-21/h2-4,7-11,18,23,31H,5-6,12-17,19H2,1H3,(H,27,30)/t23-,26-/m1/s1. The van der Waals surface area contributed by atoms with Crippen molar-refractivity contribution in [1.82, 2.24) is 10.2 Å². The Kier molecular flexibility index (Phi) is 5.59. The van der Waals surface area contributed by atoms with Crippen molar-refractivity contribution in [2.75, 3.05) is 31.8 Å². The number of nitrogens with one attached hydrogen (secondary N) is 1. The van der Waals surface area contributed by atoms with Crippen LogP contribution in [0.2, 0.25) is 0 Å². The fourth-order valence-electron chi connectivity index (χ4n) is 6.09. The Morgan fingerprint density at radius 1 is 1.03 bits per heavy atom. The zero-order valence-corrected chi connectivity index (χ0v) is 18.8. The molecule has 2 aromatic carbocycles. The Morgan fingerprint density at radius 3 is 2.56 bits per heavy atom. The number of para-hydroxylation sites is 1. The van der Waals surface area contributed by atoms with Gasteiger partial charge in [0.05, 0.1) is 13.8 Å². The van der Waals surface area contributed by atoms with Gasteiger partial charge in [0.1, 0.15) is 16.9 Å². The molecule has 1 aliphatic carbocycles. The van der Waals surface area contributed by atoms with Gasteiger partial charge in [0.2, 0.25) is 5.91 Å². The third-order valence-corrected chi connectivity index (χ3v) is 7.88. The van der Waals surface area contributed by atoms with Gasteiger partial charge in [0, 0.05) is 24.8 Å². The maximum atomic E-state index is 13.0. The Hall–Kier alpha value is -2.57. The summed E-state index contributed by atoms with van der Waals surface area (Å²) in [5.74, 6) is 0.909. The molecule has 170 valence electrons. The lowest BCUT2D eigenvalue weighted by Gasteiger charge is -2.51. The highest BCUT2D eigenvalue weighted by atomic mass is 16.5. The lowest BCUT2D eigenvalue weighted by molar-refractivity contribution is -0.127. The number of hydrogen-bond donors (Lipinski definition) is 2. The van der Waals surface area contributed by atoms with E-state index in [1.54, 1.807) is 7.11 Å². The largest absolute Gasteiger partial charge is 0.497 e. The molecule has 5 rings (SSSR count). The average Bonchev–Trinajstić information content (AvgIpc) is 3.16. The lowest BCUT2D eigenvalue weighted by Crippen LogP contribution is -2.61. The van der Waals surface area contributed by atoms with Gasteiger partial charge in [0.25, 0.3) is 0 Å². The first-order chi connectivity index (χ1) is 15.6. The number of ether oxygens (including phenoxy) is 1. The summed E-state index contributed by atoms with van der Waals surface area (Å²) in [4.78, 5) is 17.7. The number of aliphatic hydroxyl groups is 1. The summed E-state index contributed by atoms with van der Waals surface area (Å²) in [7, 11) is 1.66. The molecule has 1 spiro atoms. The summed E-state index contributed by atoms with van der Waals surface area (Å²) in [5.41, 5.74) is 0.630. The molecule has 6 heteroatoms. The van der Waals surface area contributed by atoms with Crippen LogP contribution >= 0.6 is 0 Å². The molecule has 6 nitrogen and oxygen atoms in total. The number of benzene rings is 2. The predicted molar refractivity (Wildman–Crippen MR) is 125 cm³/mol. The molecule has 2 aromatic rings. The van der Waals surface area contributed by atoms with E-state index in [0.717, 1.165) is 68.6 Å². The first kappa shape index (κ1) is 21.3. The molecule has 2 atom stereocenters. The summed E-state index contributed by atoms with van der Waals surface area (Å²) in [5, 5.41) is 15.0. The number of carbonyl (C=O) groups is 1. The summed E-state index contributed by atoms with van der Waals surface area (Å²) in [6.45, 7) is 2.15. The zero-order valence-electron chi connectivity index (χ0n) is 18.8. The highest BCUT2D eigenvalue weighted by Gasteiger charge is 2.53. The number of likely N-dealkylation sites (tertiary alicyclic amines) is 1. The van der Waals surface area contributed by atoms with E-state index in [-0.39, 0.29) is 11.9 Å². The quantitative estimate of drug-likeness (QED) is 0.772. The topological polar surface area (TPSA) is 65.0 Å². The van der Waals surface area contributed by atoms with Crippen LogP contribution in [0.3, 0.4) is 0 Å². The number of piperidine rings is 1. The van der Waals surface area contributed by atoms with E-state index in [2.05, 4.69) is 27.2 Å². The molecule has 0 radical (unpaired) electrons. The molecule has 2 aliphatic heterocycles. The molecule has 2 heterocycles. The van der Waals surface area contributed by atoms with Gasteiger partial charge in [-0.05, 0) is 55.5 Å². The van der Waals surface area contributed by atoms with Crippen LogP contribution in [0, 0.1) is 0 Å². The first-order valence-corrected chi connectivity index (χ1v) is 11.8. The smallest absolute Gasteiger partial charge is 0.247 e. The number of methoxy groups -OCH3 is 1. The molecule has 0 bridgehead atoms. The number of carbonyl (C=O) groups excluding carboxylic acids is 1. The van der Waals surface area contributed by atoms with Crippen molar-refractivity contribution in [2.24, 2.45) is 0 Å². The molecular formula is C26H33N3O3.